The molecule has 138 valence electrons. The van der Waals surface area contributed by atoms with E-state index in [0.717, 1.165) is 19.6 Å². The normalized spacial score (nSPS) is 11.8. The fourth-order valence-electron chi connectivity index (χ4n) is 2.45. The Hall–Kier alpha value is -0.960. The minimum atomic E-state index is -0.321. The second kappa shape index (κ2) is 12.4. The molecule has 0 aliphatic rings. The number of nitrogens with zero attached hydrogens (tertiary/aromatic N) is 3. The third-order valence-corrected chi connectivity index (χ3v) is 3.55. The summed E-state index contributed by atoms with van der Waals surface area (Å²) in [5.41, 5.74) is 0.357. The molecule has 1 aromatic heterocycles. The third kappa shape index (κ3) is 8.23. The van der Waals surface area contributed by atoms with Crippen LogP contribution in [0.15, 0.2) is 23.3 Å². The quantitative estimate of drug-likeness (QED) is 0.363. The average Bonchev–Trinajstić information content (AvgIpc) is 2.49. The number of rotatable bonds is 8. The largest absolute Gasteiger partial charge is 0.357 e. The van der Waals surface area contributed by atoms with Crippen molar-refractivity contribution < 1.29 is 4.39 Å². The molecule has 1 aromatic rings. The van der Waals surface area contributed by atoms with Gasteiger partial charge in [0.2, 0.25) is 0 Å². The van der Waals surface area contributed by atoms with Crippen LogP contribution in [-0.4, -0.2) is 47.6 Å². The van der Waals surface area contributed by atoms with Gasteiger partial charge in [0.15, 0.2) is 5.96 Å². The number of guanidine groups is 1. The maximum atomic E-state index is 13.6. The molecule has 0 aromatic carbocycles. The molecule has 1 rings (SSSR count). The molecule has 0 atom stereocenters. The number of nitrogens with one attached hydrogen (secondary N) is 2. The molecule has 0 saturated heterocycles. The molecular formula is C17H31FIN5. The first-order chi connectivity index (χ1) is 11.0. The minimum Gasteiger partial charge on any atom is -0.357 e. The molecule has 1 heterocycles. The maximum absolute atomic E-state index is 13.6. The number of pyridine rings is 1. The molecular weight excluding hydrogens is 420 g/mol. The average molecular weight is 451 g/mol. The first kappa shape index (κ1) is 23.0. The van der Waals surface area contributed by atoms with E-state index in [1.165, 1.54) is 6.07 Å². The van der Waals surface area contributed by atoms with Crippen LogP contribution in [0.25, 0.3) is 0 Å². The molecule has 0 saturated carbocycles. The summed E-state index contributed by atoms with van der Waals surface area (Å²) in [4.78, 5) is 10.8. The lowest BCUT2D eigenvalue weighted by atomic mass is 10.2. The van der Waals surface area contributed by atoms with Gasteiger partial charge in [0.25, 0.3) is 0 Å². The topological polar surface area (TPSA) is 52.6 Å². The Balaban J connectivity index is 0.00000529. The van der Waals surface area contributed by atoms with Crippen molar-refractivity contribution in [3.63, 3.8) is 0 Å². The van der Waals surface area contributed by atoms with Gasteiger partial charge in [-0.3, -0.25) is 9.88 Å². The Morgan fingerprint density at radius 2 is 1.92 bits per heavy atom. The van der Waals surface area contributed by atoms with Gasteiger partial charge < -0.3 is 10.6 Å². The molecule has 2 N–H and O–H groups in total. The molecule has 0 fully saturated rings. The Labute approximate surface area is 162 Å². The number of halogens is 2. The van der Waals surface area contributed by atoms with E-state index in [2.05, 4.69) is 53.2 Å². The van der Waals surface area contributed by atoms with E-state index in [-0.39, 0.29) is 36.3 Å². The van der Waals surface area contributed by atoms with Crippen LogP contribution in [0.1, 0.15) is 40.3 Å². The Morgan fingerprint density at radius 3 is 2.46 bits per heavy atom. The van der Waals surface area contributed by atoms with Crippen molar-refractivity contribution in [2.45, 2.75) is 53.2 Å². The van der Waals surface area contributed by atoms with E-state index < -0.39 is 0 Å². The minimum absolute atomic E-state index is 0. The van der Waals surface area contributed by atoms with Gasteiger partial charge in [0, 0.05) is 37.9 Å². The van der Waals surface area contributed by atoms with E-state index in [4.69, 9.17) is 0 Å². The van der Waals surface area contributed by atoms with Crippen LogP contribution >= 0.6 is 24.0 Å². The van der Waals surface area contributed by atoms with Gasteiger partial charge in [-0.2, -0.15) is 0 Å². The van der Waals surface area contributed by atoms with Crippen LogP contribution in [0.2, 0.25) is 0 Å². The molecule has 0 aliphatic heterocycles. The summed E-state index contributed by atoms with van der Waals surface area (Å²) in [6.07, 6.45) is 1.58. The second-order valence-electron chi connectivity index (χ2n) is 5.98. The summed E-state index contributed by atoms with van der Waals surface area (Å²) in [7, 11) is 0. The van der Waals surface area contributed by atoms with Crippen molar-refractivity contribution in [3.8, 4) is 0 Å². The molecule has 5 nitrogen and oxygen atoms in total. The molecule has 0 bridgehead atoms. The first-order valence-electron chi connectivity index (χ1n) is 8.33. The third-order valence-electron chi connectivity index (χ3n) is 3.55. The standard InChI is InChI=1S/C17H30FN5.HI/c1-6-19-17(21-10-11-23(13(2)3)14(4)5)22-12-16-15(18)8-7-9-20-16;/h7-9,13-14H,6,10-12H2,1-5H3,(H2,19,21,22);1H. The van der Waals surface area contributed by atoms with E-state index in [9.17, 15) is 4.39 Å². The van der Waals surface area contributed by atoms with E-state index in [1.54, 1.807) is 12.3 Å². The van der Waals surface area contributed by atoms with Crippen LogP contribution in [-0.2, 0) is 6.54 Å². The fraction of sp³-hybridized carbons (Fsp3) is 0.647. The van der Waals surface area contributed by atoms with E-state index in [0.29, 0.717) is 23.7 Å². The molecule has 0 spiro atoms. The Morgan fingerprint density at radius 1 is 1.25 bits per heavy atom. The summed E-state index contributed by atoms with van der Waals surface area (Å²) in [6.45, 7) is 13.5. The van der Waals surface area contributed by atoms with Gasteiger partial charge >= 0.3 is 0 Å². The molecule has 0 aliphatic carbocycles. The van der Waals surface area contributed by atoms with Crippen LogP contribution in [0, 0.1) is 5.82 Å². The molecule has 0 unspecified atom stereocenters. The zero-order valence-corrected chi connectivity index (χ0v) is 17.7. The highest BCUT2D eigenvalue weighted by atomic mass is 127. The maximum Gasteiger partial charge on any atom is 0.191 e. The van der Waals surface area contributed by atoms with Crippen molar-refractivity contribution in [1.82, 2.24) is 20.5 Å². The summed E-state index contributed by atoms with van der Waals surface area (Å²) in [5.74, 6) is 0.364. The second-order valence-corrected chi connectivity index (χ2v) is 5.98. The van der Waals surface area contributed by atoms with Crippen LogP contribution < -0.4 is 10.6 Å². The predicted octanol–water partition coefficient (Wildman–Crippen LogP) is 3.01. The van der Waals surface area contributed by atoms with Gasteiger partial charge in [-0.15, -0.1) is 24.0 Å². The number of aromatic nitrogens is 1. The van der Waals surface area contributed by atoms with Crippen molar-refractivity contribution in [1.29, 1.82) is 0 Å². The Bertz CT molecular complexity index is 486. The highest BCUT2D eigenvalue weighted by molar-refractivity contribution is 14.0. The highest BCUT2D eigenvalue weighted by Gasteiger charge is 2.12. The van der Waals surface area contributed by atoms with Crippen molar-refractivity contribution in [3.05, 3.63) is 29.8 Å². The summed E-state index contributed by atoms with van der Waals surface area (Å²) >= 11 is 0. The molecule has 0 amide bonds. The summed E-state index contributed by atoms with van der Waals surface area (Å²) in [6, 6.07) is 3.98. The van der Waals surface area contributed by atoms with Crippen LogP contribution in [0.4, 0.5) is 4.39 Å². The monoisotopic (exact) mass is 451 g/mol. The predicted molar refractivity (Wildman–Crippen MR) is 109 cm³/mol. The molecule has 7 heteroatoms. The summed E-state index contributed by atoms with van der Waals surface area (Å²) < 4.78 is 13.6. The number of aliphatic imine (C=N–C) groups is 1. The highest BCUT2D eigenvalue weighted by Crippen LogP contribution is 2.04. The van der Waals surface area contributed by atoms with E-state index in [1.807, 2.05) is 6.92 Å². The van der Waals surface area contributed by atoms with Gasteiger partial charge in [0.1, 0.15) is 5.82 Å². The van der Waals surface area contributed by atoms with Gasteiger partial charge in [0.05, 0.1) is 12.2 Å². The zero-order chi connectivity index (χ0) is 17.2. The molecule has 24 heavy (non-hydrogen) atoms. The van der Waals surface area contributed by atoms with E-state index >= 15 is 0 Å². The van der Waals surface area contributed by atoms with Crippen molar-refractivity contribution in [2.75, 3.05) is 19.6 Å². The lowest BCUT2D eigenvalue weighted by molar-refractivity contribution is 0.178. The lowest BCUT2D eigenvalue weighted by Gasteiger charge is -2.30. The number of hydrogen-bond acceptors (Lipinski definition) is 3. The first-order valence-corrected chi connectivity index (χ1v) is 8.33. The lowest BCUT2D eigenvalue weighted by Crippen LogP contribution is -2.45. The van der Waals surface area contributed by atoms with Crippen LogP contribution in [0.5, 0.6) is 0 Å². The SMILES string of the molecule is CCNC(=NCc1ncccc1F)NCCN(C(C)C)C(C)C.I. The van der Waals surface area contributed by atoms with Crippen molar-refractivity contribution >= 4 is 29.9 Å². The fourth-order valence-corrected chi connectivity index (χ4v) is 2.45. The number of hydrogen-bond donors (Lipinski definition) is 2. The van der Waals surface area contributed by atoms with Crippen molar-refractivity contribution in [2.24, 2.45) is 4.99 Å². The Kier molecular flexibility index (Phi) is 11.9. The zero-order valence-electron chi connectivity index (χ0n) is 15.3. The van der Waals surface area contributed by atoms with Gasteiger partial charge in [-0.05, 0) is 46.8 Å². The smallest absolute Gasteiger partial charge is 0.191 e. The molecule has 0 radical (unpaired) electrons. The van der Waals surface area contributed by atoms with Gasteiger partial charge in [-0.25, -0.2) is 9.38 Å². The van der Waals surface area contributed by atoms with Crippen LogP contribution in [0.3, 0.4) is 0 Å². The summed E-state index contributed by atoms with van der Waals surface area (Å²) in [5, 5.41) is 6.47. The van der Waals surface area contributed by atoms with Gasteiger partial charge in [-0.1, -0.05) is 0 Å².